The Kier molecular flexibility index (Phi) is 21.9. The smallest absolute Gasteiger partial charge is 0.0664 e. The van der Waals surface area contributed by atoms with E-state index >= 15 is 0 Å². The van der Waals surface area contributed by atoms with E-state index in [1.165, 1.54) is 187 Å². The van der Waals surface area contributed by atoms with Gasteiger partial charge in [-0.05, 0) is 49.6 Å². The Morgan fingerprint density at radius 1 is 0.293 bits per heavy atom. The van der Waals surface area contributed by atoms with Crippen molar-refractivity contribution in [3.05, 3.63) is 69.8 Å². The lowest BCUT2D eigenvalue weighted by Gasteiger charge is -2.14. The van der Waals surface area contributed by atoms with Gasteiger partial charge in [-0.2, -0.15) is 0 Å². The zero-order chi connectivity index (χ0) is 52.9. The molecule has 3 nitrogen and oxygen atoms in total. The lowest BCUT2D eigenvalue weighted by Crippen LogP contribution is -2.02. The molecule has 0 fully saturated rings. The average molecular weight is 995 g/mol. The van der Waals surface area contributed by atoms with Crippen LogP contribution in [0.25, 0.3) is 65.4 Å². The van der Waals surface area contributed by atoms with Crippen molar-refractivity contribution in [1.29, 1.82) is 0 Å². The van der Waals surface area contributed by atoms with E-state index in [0.29, 0.717) is 0 Å². The molecule has 0 aliphatic rings. The van der Waals surface area contributed by atoms with Gasteiger partial charge in [0.15, 0.2) is 0 Å². The van der Waals surface area contributed by atoms with Crippen molar-refractivity contribution >= 4 is 65.4 Å². The van der Waals surface area contributed by atoms with E-state index in [2.05, 4.69) is 106 Å². The van der Waals surface area contributed by atoms with Crippen LogP contribution < -0.4 is 0 Å². The fraction of sp³-hybridized carbons (Fsp3) is 0.500. The Labute approximate surface area is 453 Å². The summed E-state index contributed by atoms with van der Waals surface area (Å²) in [5.41, 5.74) is 11.3. The molecule has 0 atom stereocenters. The standard InChI is InChI=1S/C72H87N3/c1-10-19-22-25-28-31-34-37-40-43-48-73-64-53-58(16-7)56(14-5)51-62(64)67-70(73)66-61-47-46-55(13-4)60(18-9)69(61)75(50-45-42-39-36-33-30-27-24-21-12-3)72(66)68-63-52-57(15-6)59(17-8)54-65(63)74(71(67)68)49-44-41-38-35-32-29-26-23-20-11-2/h4-9,46-47,51-54H,10-12,19-45,48-50H2,1-3H3. The number of rotatable bonds is 33. The molecular weight excluding hydrogens is 907 g/mol. The van der Waals surface area contributed by atoms with Crippen molar-refractivity contribution in [3.8, 4) is 74.1 Å². The van der Waals surface area contributed by atoms with Gasteiger partial charge >= 0.3 is 0 Å². The van der Waals surface area contributed by atoms with Crippen LogP contribution in [-0.4, -0.2) is 13.7 Å². The molecule has 0 aliphatic carbocycles. The molecular formula is C72H87N3. The highest BCUT2D eigenvalue weighted by atomic mass is 15.0. The first-order valence-corrected chi connectivity index (χ1v) is 29.9. The Hall–Kier alpha value is -6.36. The SMILES string of the molecule is C#Cc1cc2c3c(c4c5ccc(C#C)c(C#C)c5n(CCCCCCCCCCCC)c4c4c5cc(C#C)c(C#C)cc5n(CCCCCCCCCCCC)c34)n(CCCCCCCCCCCC)c2cc1C#C. The molecule has 3 heterocycles. The molecule has 0 N–H and O–H groups in total. The van der Waals surface area contributed by atoms with E-state index in [-0.39, 0.29) is 0 Å². The van der Waals surface area contributed by atoms with Crippen LogP contribution in [0.1, 0.15) is 247 Å². The van der Waals surface area contributed by atoms with Crippen LogP contribution in [0, 0.1) is 74.1 Å². The zero-order valence-electron chi connectivity index (χ0n) is 46.6. The van der Waals surface area contributed by atoms with E-state index in [1.807, 2.05) is 0 Å². The fourth-order valence-corrected chi connectivity index (χ4v) is 12.4. The second-order valence-electron chi connectivity index (χ2n) is 21.8. The summed E-state index contributed by atoms with van der Waals surface area (Å²) in [4.78, 5) is 0. The summed E-state index contributed by atoms with van der Waals surface area (Å²) >= 11 is 0. The minimum Gasteiger partial charge on any atom is -0.340 e. The summed E-state index contributed by atoms with van der Waals surface area (Å²) < 4.78 is 7.74. The maximum Gasteiger partial charge on any atom is 0.0664 e. The molecule has 75 heavy (non-hydrogen) atoms. The number of nitrogens with zero attached hydrogens (tertiary/aromatic N) is 3. The van der Waals surface area contributed by atoms with Gasteiger partial charge in [0.25, 0.3) is 0 Å². The Balaban J connectivity index is 1.48. The van der Waals surface area contributed by atoms with Crippen LogP contribution in [0.5, 0.6) is 0 Å². The normalized spacial score (nSPS) is 11.5. The molecule has 0 unspecified atom stereocenters. The van der Waals surface area contributed by atoms with E-state index in [1.54, 1.807) is 0 Å². The number of fused-ring (bicyclic) bond motifs is 12. The van der Waals surface area contributed by atoms with Crippen molar-refractivity contribution in [2.24, 2.45) is 0 Å². The fourth-order valence-electron chi connectivity index (χ4n) is 12.4. The minimum atomic E-state index is 0.726. The highest BCUT2D eigenvalue weighted by Gasteiger charge is 2.29. The summed E-state index contributed by atoms with van der Waals surface area (Å²) in [6.07, 6.45) is 76.1. The molecule has 0 aliphatic heterocycles. The summed E-state index contributed by atoms with van der Waals surface area (Å²) in [6, 6.07) is 13.1. The third kappa shape index (κ3) is 12.8. The van der Waals surface area contributed by atoms with Crippen LogP contribution >= 0.6 is 0 Å². The highest BCUT2D eigenvalue weighted by Crippen LogP contribution is 2.50. The van der Waals surface area contributed by atoms with Gasteiger partial charge in [0.2, 0.25) is 0 Å². The second kappa shape index (κ2) is 29.1. The maximum atomic E-state index is 6.61. The van der Waals surface area contributed by atoms with Crippen molar-refractivity contribution in [2.75, 3.05) is 0 Å². The predicted octanol–water partition coefficient (Wildman–Crippen LogP) is 19.7. The van der Waals surface area contributed by atoms with Crippen LogP contribution in [0.15, 0.2) is 36.4 Å². The second-order valence-corrected chi connectivity index (χ2v) is 21.8. The molecule has 3 aromatic heterocycles. The van der Waals surface area contributed by atoms with Gasteiger partial charge in [-0.3, -0.25) is 0 Å². The first-order chi connectivity index (χ1) is 37.0. The highest BCUT2D eigenvalue weighted by molar-refractivity contribution is 6.40. The summed E-state index contributed by atoms with van der Waals surface area (Å²) in [5, 5.41) is 6.89. The maximum absolute atomic E-state index is 6.61. The lowest BCUT2D eigenvalue weighted by atomic mass is 9.98. The molecule has 0 saturated carbocycles. The molecule has 0 bridgehead atoms. The molecule has 4 aromatic carbocycles. The van der Waals surface area contributed by atoms with E-state index in [9.17, 15) is 0 Å². The van der Waals surface area contributed by atoms with Crippen LogP contribution in [0.2, 0.25) is 0 Å². The molecule has 7 aromatic rings. The average Bonchev–Trinajstić information content (AvgIpc) is 4.13. The Morgan fingerprint density at radius 2 is 0.587 bits per heavy atom. The van der Waals surface area contributed by atoms with Gasteiger partial charge in [0, 0.05) is 79.8 Å². The third-order valence-electron chi connectivity index (χ3n) is 16.5. The number of aromatic nitrogens is 3. The molecule has 0 spiro atoms. The summed E-state index contributed by atoms with van der Waals surface area (Å²) in [5.74, 6) is 18.1. The van der Waals surface area contributed by atoms with E-state index in [4.69, 9.17) is 38.5 Å². The van der Waals surface area contributed by atoms with Crippen LogP contribution in [-0.2, 0) is 19.6 Å². The van der Waals surface area contributed by atoms with Crippen molar-refractivity contribution in [3.63, 3.8) is 0 Å². The number of hydrogen-bond donors (Lipinski definition) is 0. The topological polar surface area (TPSA) is 14.8 Å². The largest absolute Gasteiger partial charge is 0.340 e. The van der Waals surface area contributed by atoms with Gasteiger partial charge in [0.05, 0.1) is 38.7 Å². The number of terminal acetylenes is 6. The minimum absolute atomic E-state index is 0.726. The van der Waals surface area contributed by atoms with Crippen LogP contribution in [0.3, 0.4) is 0 Å². The molecule has 0 radical (unpaired) electrons. The number of hydrogen-bond acceptors (Lipinski definition) is 0. The van der Waals surface area contributed by atoms with Crippen molar-refractivity contribution in [2.45, 2.75) is 233 Å². The van der Waals surface area contributed by atoms with Gasteiger partial charge < -0.3 is 13.7 Å². The van der Waals surface area contributed by atoms with Gasteiger partial charge in [-0.1, -0.05) is 236 Å². The van der Waals surface area contributed by atoms with Crippen molar-refractivity contribution in [1.82, 2.24) is 13.7 Å². The quantitative estimate of drug-likeness (QED) is 0.0288. The van der Waals surface area contributed by atoms with Gasteiger partial charge in [0.1, 0.15) is 0 Å². The Bertz CT molecular complexity index is 3290. The van der Waals surface area contributed by atoms with Gasteiger partial charge in [-0.15, -0.1) is 38.5 Å². The molecule has 0 amide bonds. The first-order valence-electron chi connectivity index (χ1n) is 29.9. The lowest BCUT2D eigenvalue weighted by molar-refractivity contribution is 0.541. The van der Waals surface area contributed by atoms with Crippen LogP contribution in [0.4, 0.5) is 0 Å². The molecule has 7 rings (SSSR count). The van der Waals surface area contributed by atoms with E-state index in [0.717, 1.165) is 124 Å². The van der Waals surface area contributed by atoms with Crippen molar-refractivity contribution < 1.29 is 0 Å². The summed E-state index contributed by atoms with van der Waals surface area (Å²) in [7, 11) is 0. The summed E-state index contributed by atoms with van der Waals surface area (Å²) in [6.45, 7) is 9.34. The monoisotopic (exact) mass is 994 g/mol. The number of benzene rings is 4. The number of unbranched alkanes of at least 4 members (excludes halogenated alkanes) is 27. The first kappa shape index (κ1) is 56.4. The molecule has 3 heteroatoms. The molecule has 0 saturated heterocycles. The Morgan fingerprint density at radius 3 is 0.920 bits per heavy atom. The predicted molar refractivity (Wildman–Crippen MR) is 329 cm³/mol. The van der Waals surface area contributed by atoms with E-state index < -0.39 is 0 Å². The number of aryl methyl sites for hydroxylation is 3. The third-order valence-corrected chi connectivity index (χ3v) is 16.5. The zero-order valence-corrected chi connectivity index (χ0v) is 46.6. The molecule has 390 valence electrons. The van der Waals surface area contributed by atoms with Gasteiger partial charge in [-0.25, -0.2) is 0 Å².